The standard InChI is InChI=1S/C51H32N4O/c1-4-13-33(14-5-1)34-23-27-39(28-24-34)55-44-21-11-10-19-41(44)42-29-25-38(32-45(42)55)51-53-49(36-17-8-3-9-18-36)52-50(54-51)37-26-30-46-43(31-37)48-40(20-12-22-47(48)56-46)35-15-6-2-7-16-35/h1-32H. The van der Waals surface area contributed by atoms with Crippen molar-refractivity contribution in [2.75, 3.05) is 0 Å². The number of aromatic nitrogens is 4. The molecule has 3 aromatic heterocycles. The first-order chi connectivity index (χ1) is 27.7. The molecule has 0 fully saturated rings. The topological polar surface area (TPSA) is 56.7 Å². The molecule has 0 N–H and O–H groups in total. The molecule has 0 unspecified atom stereocenters. The van der Waals surface area contributed by atoms with E-state index in [9.17, 15) is 0 Å². The zero-order chi connectivity index (χ0) is 37.0. The number of nitrogens with zero attached hydrogens (tertiary/aromatic N) is 4. The van der Waals surface area contributed by atoms with Crippen LogP contribution in [0, 0.1) is 0 Å². The van der Waals surface area contributed by atoms with Crippen LogP contribution in [0.25, 0.3) is 106 Å². The summed E-state index contributed by atoms with van der Waals surface area (Å²) in [6.45, 7) is 0. The summed E-state index contributed by atoms with van der Waals surface area (Å²) < 4.78 is 8.72. The van der Waals surface area contributed by atoms with Gasteiger partial charge in [0.2, 0.25) is 0 Å². The Bertz CT molecular complexity index is 3220. The molecular weight excluding hydrogens is 685 g/mol. The van der Waals surface area contributed by atoms with Crippen molar-refractivity contribution in [3.63, 3.8) is 0 Å². The van der Waals surface area contributed by atoms with Crippen LogP contribution in [0.1, 0.15) is 0 Å². The van der Waals surface area contributed by atoms with E-state index >= 15 is 0 Å². The van der Waals surface area contributed by atoms with Crippen molar-refractivity contribution in [3.8, 4) is 62.1 Å². The highest BCUT2D eigenvalue weighted by Gasteiger charge is 2.19. The van der Waals surface area contributed by atoms with Gasteiger partial charge in [-0.25, -0.2) is 15.0 Å². The Hall–Kier alpha value is -7.63. The van der Waals surface area contributed by atoms with E-state index in [1.807, 2.05) is 66.7 Å². The summed E-state index contributed by atoms with van der Waals surface area (Å²) in [4.78, 5) is 15.4. The fraction of sp³-hybridized carbons (Fsp3) is 0. The minimum atomic E-state index is 0.597. The third kappa shape index (κ3) is 5.37. The first-order valence-corrected chi connectivity index (χ1v) is 18.8. The van der Waals surface area contributed by atoms with Crippen LogP contribution >= 0.6 is 0 Å². The number of para-hydroxylation sites is 1. The number of rotatable bonds is 6. The molecule has 262 valence electrons. The van der Waals surface area contributed by atoms with Gasteiger partial charge in [0.05, 0.1) is 11.0 Å². The van der Waals surface area contributed by atoms with Gasteiger partial charge < -0.3 is 8.98 Å². The fourth-order valence-corrected chi connectivity index (χ4v) is 8.00. The van der Waals surface area contributed by atoms with Gasteiger partial charge in [0.15, 0.2) is 17.5 Å². The smallest absolute Gasteiger partial charge is 0.164 e. The van der Waals surface area contributed by atoms with E-state index in [1.165, 1.54) is 21.9 Å². The largest absolute Gasteiger partial charge is 0.456 e. The zero-order valence-corrected chi connectivity index (χ0v) is 30.2. The maximum atomic E-state index is 6.38. The summed E-state index contributed by atoms with van der Waals surface area (Å²) in [6, 6.07) is 67.4. The summed E-state index contributed by atoms with van der Waals surface area (Å²) in [5, 5.41) is 4.45. The lowest BCUT2D eigenvalue weighted by Gasteiger charge is -2.11. The molecule has 11 rings (SSSR count). The Kier molecular flexibility index (Phi) is 7.42. The van der Waals surface area contributed by atoms with Crippen molar-refractivity contribution in [1.82, 2.24) is 19.5 Å². The van der Waals surface area contributed by atoms with Crippen molar-refractivity contribution >= 4 is 43.7 Å². The molecule has 0 saturated heterocycles. The predicted molar refractivity (Wildman–Crippen MR) is 229 cm³/mol. The molecule has 0 amide bonds. The Morgan fingerprint density at radius 2 is 0.893 bits per heavy atom. The lowest BCUT2D eigenvalue weighted by molar-refractivity contribution is 0.669. The summed E-state index contributed by atoms with van der Waals surface area (Å²) >= 11 is 0. The van der Waals surface area contributed by atoms with E-state index < -0.39 is 0 Å². The summed E-state index contributed by atoms with van der Waals surface area (Å²) in [7, 11) is 0. The average molecular weight is 717 g/mol. The summed E-state index contributed by atoms with van der Waals surface area (Å²) in [5.74, 6) is 1.82. The third-order valence-corrected chi connectivity index (χ3v) is 10.7. The highest BCUT2D eigenvalue weighted by molar-refractivity contribution is 6.13. The third-order valence-electron chi connectivity index (χ3n) is 10.7. The lowest BCUT2D eigenvalue weighted by atomic mass is 9.99. The van der Waals surface area contributed by atoms with Gasteiger partial charge in [-0.2, -0.15) is 0 Å². The zero-order valence-electron chi connectivity index (χ0n) is 30.2. The van der Waals surface area contributed by atoms with Gasteiger partial charge in [-0.3, -0.25) is 0 Å². The Morgan fingerprint density at radius 1 is 0.339 bits per heavy atom. The molecule has 11 aromatic rings. The van der Waals surface area contributed by atoms with E-state index in [1.54, 1.807) is 0 Å². The van der Waals surface area contributed by atoms with E-state index in [4.69, 9.17) is 19.4 Å². The Morgan fingerprint density at radius 3 is 1.62 bits per heavy atom. The minimum absolute atomic E-state index is 0.597. The van der Waals surface area contributed by atoms with Gasteiger partial charge in [0.25, 0.3) is 0 Å². The molecular formula is C51H32N4O. The second-order valence-electron chi connectivity index (χ2n) is 14.0. The normalized spacial score (nSPS) is 11.6. The molecule has 3 heterocycles. The quantitative estimate of drug-likeness (QED) is 0.172. The molecule has 0 bridgehead atoms. The van der Waals surface area contributed by atoms with Gasteiger partial charge >= 0.3 is 0 Å². The Balaban J connectivity index is 1.09. The first kappa shape index (κ1) is 31.9. The number of fused-ring (bicyclic) bond motifs is 6. The van der Waals surface area contributed by atoms with Gasteiger partial charge in [-0.05, 0) is 70.8 Å². The molecule has 0 spiro atoms. The van der Waals surface area contributed by atoms with Gasteiger partial charge in [0.1, 0.15) is 11.2 Å². The van der Waals surface area contributed by atoms with Gasteiger partial charge in [-0.1, -0.05) is 146 Å². The van der Waals surface area contributed by atoms with Crippen LogP contribution in [0.4, 0.5) is 0 Å². The molecule has 0 aliphatic carbocycles. The fourth-order valence-electron chi connectivity index (χ4n) is 8.00. The van der Waals surface area contributed by atoms with Crippen LogP contribution in [0.3, 0.4) is 0 Å². The van der Waals surface area contributed by atoms with Crippen LogP contribution in [0.15, 0.2) is 199 Å². The number of hydrogen-bond donors (Lipinski definition) is 0. The maximum absolute atomic E-state index is 6.38. The monoisotopic (exact) mass is 716 g/mol. The highest BCUT2D eigenvalue weighted by atomic mass is 16.3. The molecule has 8 aromatic carbocycles. The van der Waals surface area contributed by atoms with Crippen molar-refractivity contribution in [2.24, 2.45) is 0 Å². The molecule has 0 atom stereocenters. The van der Waals surface area contributed by atoms with Crippen molar-refractivity contribution < 1.29 is 4.42 Å². The summed E-state index contributed by atoms with van der Waals surface area (Å²) in [5.41, 5.74) is 12.3. The van der Waals surface area contributed by atoms with Gasteiger partial charge in [0, 0.05) is 43.9 Å². The molecule has 0 aliphatic heterocycles. The predicted octanol–water partition coefficient (Wildman–Crippen LogP) is 13.2. The maximum Gasteiger partial charge on any atom is 0.164 e. The van der Waals surface area contributed by atoms with Crippen LogP contribution in [-0.4, -0.2) is 19.5 Å². The van der Waals surface area contributed by atoms with Crippen molar-refractivity contribution in [1.29, 1.82) is 0 Å². The molecule has 0 radical (unpaired) electrons. The van der Waals surface area contributed by atoms with Gasteiger partial charge in [-0.15, -0.1) is 0 Å². The van der Waals surface area contributed by atoms with E-state index in [2.05, 4.69) is 132 Å². The second kappa shape index (κ2) is 13.0. The molecule has 5 heteroatoms. The van der Waals surface area contributed by atoms with Crippen LogP contribution in [0.2, 0.25) is 0 Å². The highest BCUT2D eigenvalue weighted by Crippen LogP contribution is 2.39. The number of benzene rings is 8. The first-order valence-electron chi connectivity index (χ1n) is 18.8. The minimum Gasteiger partial charge on any atom is -0.456 e. The number of hydrogen-bond acceptors (Lipinski definition) is 4. The van der Waals surface area contributed by atoms with E-state index in [0.29, 0.717) is 17.5 Å². The molecule has 5 nitrogen and oxygen atoms in total. The molecule has 0 saturated carbocycles. The van der Waals surface area contributed by atoms with Crippen LogP contribution in [-0.2, 0) is 0 Å². The summed E-state index contributed by atoms with van der Waals surface area (Å²) in [6.07, 6.45) is 0. The van der Waals surface area contributed by atoms with Crippen LogP contribution in [0.5, 0.6) is 0 Å². The van der Waals surface area contributed by atoms with Crippen molar-refractivity contribution in [2.45, 2.75) is 0 Å². The average Bonchev–Trinajstić information content (AvgIpc) is 3.82. The molecule has 0 aliphatic rings. The van der Waals surface area contributed by atoms with E-state index in [-0.39, 0.29) is 0 Å². The number of furan rings is 1. The SMILES string of the molecule is c1ccc(-c2ccc(-n3c4ccccc4c4ccc(-c5nc(-c6ccccc6)nc(-c6ccc7oc8cccc(-c9ccccc9)c8c7c6)n5)cc43)cc2)cc1. The van der Waals surface area contributed by atoms with Crippen molar-refractivity contribution in [3.05, 3.63) is 194 Å². The second-order valence-corrected chi connectivity index (χ2v) is 14.0. The Labute approximate surface area is 322 Å². The lowest BCUT2D eigenvalue weighted by Crippen LogP contribution is -2.00. The van der Waals surface area contributed by atoms with Crippen LogP contribution < -0.4 is 0 Å². The van der Waals surface area contributed by atoms with E-state index in [0.717, 1.165) is 66.5 Å². The molecule has 56 heavy (non-hydrogen) atoms.